The molecule has 0 aromatic carbocycles. The first kappa shape index (κ1) is 12.8. The number of nitrogens with zero attached hydrogens (tertiary/aromatic N) is 1. The van der Waals surface area contributed by atoms with Crippen LogP contribution in [-0.2, 0) is 14.8 Å². The molecule has 1 heterocycles. The van der Waals surface area contributed by atoms with Crippen molar-refractivity contribution in [1.29, 1.82) is 5.26 Å². The molecule has 2 fully saturated rings. The summed E-state index contributed by atoms with van der Waals surface area (Å²) in [5, 5.41) is 7.57. The molecule has 3 N–H and O–H groups in total. The molecule has 5 atom stereocenters. The van der Waals surface area contributed by atoms with Gasteiger partial charge in [-0.1, -0.05) is 0 Å². The molecule has 0 bridgehead atoms. The highest BCUT2D eigenvalue weighted by atomic mass is 32.2. The maximum absolute atomic E-state index is 11.7. The molecule has 96 valence electrons. The number of rotatable bonds is 3. The molecule has 1 aliphatic heterocycles. The van der Waals surface area contributed by atoms with Gasteiger partial charge in [0.05, 0.1) is 18.2 Å². The van der Waals surface area contributed by atoms with Gasteiger partial charge >= 0.3 is 0 Å². The summed E-state index contributed by atoms with van der Waals surface area (Å²) in [4.78, 5) is 0. The lowest BCUT2D eigenvalue weighted by atomic mass is 9.69. The Labute approximate surface area is 101 Å². The van der Waals surface area contributed by atoms with Gasteiger partial charge in [-0.2, -0.15) is 5.26 Å². The van der Waals surface area contributed by atoms with Crippen molar-refractivity contribution in [2.24, 2.45) is 11.7 Å². The Bertz CT molecular complexity index is 431. The first-order valence-electron chi connectivity index (χ1n) is 5.75. The quantitative estimate of drug-likeness (QED) is 0.699. The Morgan fingerprint density at radius 1 is 1.59 bits per heavy atom. The molecule has 2 rings (SSSR count). The number of hydrogen-bond donors (Lipinski definition) is 2. The second kappa shape index (κ2) is 4.53. The minimum atomic E-state index is -3.63. The van der Waals surface area contributed by atoms with Crippen molar-refractivity contribution in [3.05, 3.63) is 0 Å². The summed E-state index contributed by atoms with van der Waals surface area (Å²) in [6.45, 7) is 2.01. The normalized spacial score (nSPS) is 38.6. The van der Waals surface area contributed by atoms with Crippen LogP contribution in [-0.4, -0.2) is 38.5 Å². The number of nitrogens with one attached hydrogen (secondary N) is 1. The van der Waals surface area contributed by atoms with Gasteiger partial charge in [0.1, 0.15) is 0 Å². The molecule has 0 aromatic heterocycles. The van der Waals surface area contributed by atoms with Crippen molar-refractivity contribution >= 4 is 10.0 Å². The van der Waals surface area contributed by atoms with Crippen LogP contribution in [0.3, 0.4) is 0 Å². The summed E-state index contributed by atoms with van der Waals surface area (Å²) < 4.78 is 31.5. The maximum Gasteiger partial charge on any atom is 0.228 e. The van der Waals surface area contributed by atoms with Crippen LogP contribution >= 0.6 is 0 Å². The van der Waals surface area contributed by atoms with Crippen molar-refractivity contribution in [2.45, 2.75) is 43.2 Å². The van der Waals surface area contributed by atoms with E-state index >= 15 is 0 Å². The van der Waals surface area contributed by atoms with E-state index in [0.29, 0.717) is 6.61 Å². The van der Waals surface area contributed by atoms with Crippen molar-refractivity contribution < 1.29 is 13.2 Å². The fourth-order valence-electron chi connectivity index (χ4n) is 2.45. The maximum atomic E-state index is 11.7. The monoisotopic (exact) mass is 259 g/mol. The van der Waals surface area contributed by atoms with E-state index < -0.39 is 15.3 Å². The summed E-state index contributed by atoms with van der Waals surface area (Å²) in [7, 11) is -3.63. The van der Waals surface area contributed by atoms with Gasteiger partial charge < -0.3 is 10.5 Å². The summed E-state index contributed by atoms with van der Waals surface area (Å²) in [6, 6.07) is 1.12. The summed E-state index contributed by atoms with van der Waals surface area (Å²) >= 11 is 0. The van der Waals surface area contributed by atoms with Crippen LogP contribution in [0, 0.1) is 17.2 Å². The average molecular weight is 259 g/mol. The first-order chi connectivity index (χ1) is 7.97. The van der Waals surface area contributed by atoms with Gasteiger partial charge in [-0.15, -0.1) is 0 Å². The fourth-order valence-corrected chi connectivity index (χ4v) is 3.47. The molecule has 0 aromatic rings. The highest BCUT2D eigenvalue weighted by molar-refractivity contribution is 7.90. The molecule has 6 nitrogen and oxygen atoms in total. The van der Waals surface area contributed by atoms with Gasteiger partial charge in [-0.05, 0) is 19.8 Å². The Morgan fingerprint density at radius 3 is 2.94 bits per heavy atom. The average Bonchev–Trinajstić information content (AvgIpc) is 2.34. The number of hydrogen-bond acceptors (Lipinski definition) is 5. The van der Waals surface area contributed by atoms with Gasteiger partial charge in [0.15, 0.2) is 5.25 Å². The molecule has 1 aliphatic carbocycles. The lowest BCUT2D eigenvalue weighted by Gasteiger charge is -2.52. The van der Waals surface area contributed by atoms with Crippen molar-refractivity contribution in [3.63, 3.8) is 0 Å². The molecule has 0 amide bonds. The minimum absolute atomic E-state index is 0.126. The Balaban J connectivity index is 2.03. The van der Waals surface area contributed by atoms with Gasteiger partial charge in [-0.25, -0.2) is 13.1 Å². The van der Waals surface area contributed by atoms with Gasteiger partial charge in [0.2, 0.25) is 10.0 Å². The van der Waals surface area contributed by atoms with Crippen LogP contribution in [0.5, 0.6) is 0 Å². The van der Waals surface area contributed by atoms with Crippen molar-refractivity contribution in [2.75, 3.05) is 6.61 Å². The van der Waals surface area contributed by atoms with Crippen LogP contribution in [0.1, 0.15) is 19.8 Å². The lowest BCUT2D eigenvalue weighted by molar-refractivity contribution is -0.114. The van der Waals surface area contributed by atoms with E-state index in [1.54, 1.807) is 6.07 Å². The lowest BCUT2D eigenvalue weighted by Crippen LogP contribution is -2.72. The van der Waals surface area contributed by atoms with E-state index in [-0.39, 0.29) is 24.1 Å². The fraction of sp³-hybridized carbons (Fsp3) is 0.900. The molecule has 0 radical (unpaired) electrons. The topological polar surface area (TPSA) is 105 Å². The third-order valence-corrected chi connectivity index (χ3v) is 5.26. The molecule has 0 spiro atoms. The first-order valence-corrected chi connectivity index (χ1v) is 7.30. The van der Waals surface area contributed by atoms with E-state index in [2.05, 4.69) is 4.72 Å². The number of nitrogens with two attached hydrogens (primary N) is 1. The zero-order valence-electron chi connectivity index (χ0n) is 9.67. The Kier molecular flexibility index (Phi) is 3.41. The van der Waals surface area contributed by atoms with Crippen LogP contribution < -0.4 is 10.5 Å². The standard InChI is InChI=1S/C10H17N3O3S/c1-6(5-11)17(14,15)13-9-8(12)7-3-2-4-16-10(7)9/h6-10,13H,2-4,12H2,1H3. The van der Waals surface area contributed by atoms with Crippen LogP contribution in [0.15, 0.2) is 0 Å². The smallest absolute Gasteiger partial charge is 0.228 e. The molecule has 5 unspecified atom stereocenters. The molecule has 1 saturated heterocycles. The van der Waals surface area contributed by atoms with Crippen LogP contribution in [0.2, 0.25) is 0 Å². The van der Waals surface area contributed by atoms with Gasteiger partial charge in [0, 0.05) is 18.6 Å². The number of sulfonamides is 1. The van der Waals surface area contributed by atoms with E-state index in [0.717, 1.165) is 12.8 Å². The molecule has 17 heavy (non-hydrogen) atoms. The van der Waals surface area contributed by atoms with Gasteiger partial charge in [-0.3, -0.25) is 0 Å². The summed E-state index contributed by atoms with van der Waals surface area (Å²) in [6.07, 6.45) is 1.83. The van der Waals surface area contributed by atoms with Gasteiger partial charge in [0.25, 0.3) is 0 Å². The zero-order valence-corrected chi connectivity index (χ0v) is 10.5. The Hall–Kier alpha value is -0.680. The number of ether oxygens (including phenoxy) is 1. The van der Waals surface area contributed by atoms with Crippen LogP contribution in [0.4, 0.5) is 0 Å². The summed E-state index contributed by atoms with van der Waals surface area (Å²) in [5.74, 6) is 0.244. The van der Waals surface area contributed by atoms with E-state index in [9.17, 15) is 8.42 Å². The van der Waals surface area contributed by atoms with Crippen molar-refractivity contribution in [3.8, 4) is 6.07 Å². The molecular weight excluding hydrogens is 242 g/mol. The highest BCUT2D eigenvalue weighted by Gasteiger charge is 2.52. The zero-order chi connectivity index (χ0) is 12.6. The van der Waals surface area contributed by atoms with Crippen LogP contribution in [0.25, 0.3) is 0 Å². The molecule has 7 heteroatoms. The molecular formula is C10H17N3O3S. The third kappa shape index (κ3) is 2.18. The van der Waals surface area contributed by atoms with E-state index in [1.165, 1.54) is 6.92 Å². The third-order valence-electron chi connectivity index (χ3n) is 3.62. The summed E-state index contributed by atoms with van der Waals surface area (Å²) in [5.41, 5.74) is 5.94. The van der Waals surface area contributed by atoms with E-state index in [4.69, 9.17) is 15.7 Å². The second-order valence-electron chi connectivity index (χ2n) is 4.68. The van der Waals surface area contributed by atoms with E-state index in [1.807, 2.05) is 0 Å². The SMILES string of the molecule is CC(C#N)S(=O)(=O)NC1C(N)C2CCCOC21. The number of fused-ring (bicyclic) bond motifs is 1. The van der Waals surface area contributed by atoms with Crippen molar-refractivity contribution in [1.82, 2.24) is 4.72 Å². The molecule has 2 aliphatic rings. The molecule has 1 saturated carbocycles. The second-order valence-corrected chi connectivity index (χ2v) is 6.71. The largest absolute Gasteiger partial charge is 0.376 e. The Morgan fingerprint density at radius 2 is 2.29 bits per heavy atom. The predicted octanol–water partition coefficient (Wildman–Crippen LogP) is -0.677. The number of nitriles is 1. The minimum Gasteiger partial charge on any atom is -0.376 e. The predicted molar refractivity (Wildman–Crippen MR) is 61.4 cm³/mol. The highest BCUT2D eigenvalue weighted by Crippen LogP contribution is 2.37.